The van der Waals surface area contributed by atoms with Crippen LogP contribution in [0.5, 0.6) is 17.4 Å². The Balaban J connectivity index is 0.00000280. The largest absolute Gasteiger partial charge is 0.493 e. The van der Waals surface area contributed by atoms with Gasteiger partial charge >= 0.3 is 20.2 Å². The van der Waals surface area contributed by atoms with Crippen LogP contribution in [0.25, 0.3) is 10.9 Å². The van der Waals surface area contributed by atoms with E-state index in [4.69, 9.17) is 13.1 Å². The Morgan fingerprint density at radius 3 is 2.05 bits per heavy atom. The van der Waals surface area contributed by atoms with E-state index >= 15 is 0 Å². The van der Waals surface area contributed by atoms with Crippen molar-refractivity contribution in [2.45, 2.75) is 11.4 Å². The van der Waals surface area contributed by atoms with Crippen molar-refractivity contribution in [3.05, 3.63) is 46.4 Å². The molecule has 3 aromatic rings. The number of piperazine rings is 1. The third-order valence-corrected chi connectivity index (χ3v) is 9.33. The molecule has 0 bridgehead atoms. The van der Waals surface area contributed by atoms with Crippen LogP contribution in [0, 0.1) is 0 Å². The fourth-order valence-electron chi connectivity index (χ4n) is 4.21. The number of nitrogens with one attached hydrogen (secondary N) is 1. The molecule has 1 aliphatic rings. The lowest BCUT2D eigenvalue weighted by atomic mass is 10.1. The molecule has 1 fully saturated rings. The van der Waals surface area contributed by atoms with Crippen molar-refractivity contribution in [1.82, 2.24) is 14.2 Å². The summed E-state index contributed by atoms with van der Waals surface area (Å²) in [4.78, 5) is 1.80. The van der Waals surface area contributed by atoms with Crippen LogP contribution < -0.4 is 18.4 Å². The van der Waals surface area contributed by atoms with E-state index in [1.807, 2.05) is 4.90 Å². The number of methoxy groups -OCH3 is 1. The Labute approximate surface area is 240 Å². The second kappa shape index (κ2) is 12.6. The molecular weight excluding hydrogens is 658 g/mol. The Hall–Kier alpha value is -2.45. The van der Waals surface area contributed by atoms with Gasteiger partial charge < -0.3 is 29.4 Å². The summed E-state index contributed by atoms with van der Waals surface area (Å²) in [7, 11) is -11.6. The lowest BCUT2D eigenvalue weighted by Gasteiger charge is -2.27. The number of ether oxygens (including phenoxy) is 1. The number of fused-ring (bicyclic) bond motifs is 1. The van der Waals surface area contributed by atoms with E-state index in [2.05, 4.69) is 21.2 Å². The lowest BCUT2D eigenvalue weighted by Crippen LogP contribution is -2.42. The van der Waals surface area contributed by atoms with E-state index in [0.29, 0.717) is 26.2 Å². The Morgan fingerprint density at radius 2 is 1.50 bits per heavy atom. The Kier molecular flexibility index (Phi) is 10.6. The van der Waals surface area contributed by atoms with Gasteiger partial charge in [-0.1, -0.05) is 12.1 Å². The fourth-order valence-corrected chi connectivity index (χ4v) is 7.62. The average molecular weight is 689 g/mol. The van der Waals surface area contributed by atoms with Gasteiger partial charge in [0.25, 0.3) is 10.0 Å². The first-order valence-corrected chi connectivity index (χ1v) is 17.1. The van der Waals surface area contributed by atoms with Crippen LogP contribution >= 0.6 is 15.9 Å². The minimum Gasteiger partial charge on any atom is -0.493 e. The van der Waals surface area contributed by atoms with Gasteiger partial charge in [-0.25, -0.2) is 12.4 Å². The van der Waals surface area contributed by atoms with E-state index in [1.165, 1.54) is 37.4 Å². The number of benzene rings is 2. The molecular formula is C22H30BrN3O11S3. The van der Waals surface area contributed by atoms with Crippen molar-refractivity contribution in [3.63, 3.8) is 0 Å². The predicted molar refractivity (Wildman–Crippen MR) is 152 cm³/mol. The molecule has 2 aromatic carbocycles. The molecule has 0 spiro atoms. The SMILES string of the molecule is COc1ccc2c(c(CN3CCNCC3)c(OS(C)(=O)=O)n2S(=O)(=O)c2ccccc2Br)c1OS(C)(=O)=O.O.O. The van der Waals surface area contributed by atoms with Crippen LogP contribution in [0.2, 0.25) is 0 Å². The quantitative estimate of drug-likeness (QED) is 0.297. The van der Waals surface area contributed by atoms with Crippen molar-refractivity contribution in [3.8, 4) is 17.4 Å². The smallest absolute Gasteiger partial charge is 0.307 e. The maximum absolute atomic E-state index is 14.1. The molecule has 1 saturated heterocycles. The second-order valence-electron chi connectivity index (χ2n) is 8.58. The van der Waals surface area contributed by atoms with E-state index in [9.17, 15) is 25.3 Å². The summed E-state index contributed by atoms with van der Waals surface area (Å²) in [6, 6.07) is 8.75. The van der Waals surface area contributed by atoms with Crippen molar-refractivity contribution in [1.29, 1.82) is 0 Å². The highest BCUT2D eigenvalue weighted by Gasteiger charge is 2.35. The van der Waals surface area contributed by atoms with Crippen molar-refractivity contribution in [2.24, 2.45) is 0 Å². The molecule has 1 aromatic heterocycles. The Morgan fingerprint density at radius 1 is 0.900 bits per heavy atom. The van der Waals surface area contributed by atoms with Crippen LogP contribution in [0.3, 0.4) is 0 Å². The molecule has 4 rings (SSSR count). The second-order valence-corrected chi connectivity index (χ2v) is 14.3. The lowest BCUT2D eigenvalue weighted by molar-refractivity contribution is 0.232. The van der Waals surface area contributed by atoms with Gasteiger partial charge in [-0.15, -0.1) is 0 Å². The summed E-state index contributed by atoms with van der Waals surface area (Å²) in [6.45, 7) is 2.45. The molecule has 2 heterocycles. The van der Waals surface area contributed by atoms with Gasteiger partial charge in [-0.2, -0.15) is 16.8 Å². The summed E-state index contributed by atoms with van der Waals surface area (Å²) in [6.07, 6.45) is 1.63. The van der Waals surface area contributed by atoms with Crippen molar-refractivity contribution in [2.75, 3.05) is 45.8 Å². The zero-order valence-electron chi connectivity index (χ0n) is 21.7. The number of hydrogen-bond acceptors (Lipinski definition) is 11. The van der Waals surface area contributed by atoms with Gasteiger partial charge in [-0.05, 0) is 40.2 Å². The zero-order chi connectivity index (χ0) is 27.9. The monoisotopic (exact) mass is 687 g/mol. The molecule has 0 aliphatic carbocycles. The summed E-state index contributed by atoms with van der Waals surface area (Å²) in [5.41, 5.74) is 0.0597. The highest BCUT2D eigenvalue weighted by Crippen LogP contribution is 2.46. The van der Waals surface area contributed by atoms with Gasteiger partial charge in [0.2, 0.25) is 5.88 Å². The standard InChI is InChI=1S/C22H26BrN3O9S3.2H2O/c1-33-18-9-8-17-20(21(18)34-36(2,27)28)15(14-25-12-10-24-11-13-25)22(35-37(3,29)30)26(17)38(31,32)19-7-5-4-6-16(19)23;;/h4-9,24H,10-14H2,1-3H3;2*1H2. The highest BCUT2D eigenvalue weighted by molar-refractivity contribution is 9.10. The molecule has 0 radical (unpaired) electrons. The van der Waals surface area contributed by atoms with Gasteiger partial charge in [0.1, 0.15) is 4.90 Å². The summed E-state index contributed by atoms with van der Waals surface area (Å²) in [5.74, 6) is -0.772. The van der Waals surface area contributed by atoms with Gasteiger partial charge in [0.15, 0.2) is 11.5 Å². The fraction of sp³-hybridized carbons (Fsp3) is 0.364. The third kappa shape index (κ3) is 7.06. The molecule has 5 N–H and O–H groups in total. The van der Waals surface area contributed by atoms with E-state index < -0.39 is 36.1 Å². The number of nitrogens with zero attached hydrogens (tertiary/aromatic N) is 2. The van der Waals surface area contributed by atoms with Crippen LogP contribution in [-0.2, 0) is 36.8 Å². The molecule has 0 saturated carbocycles. The van der Waals surface area contributed by atoms with Crippen LogP contribution in [0.15, 0.2) is 45.8 Å². The molecule has 14 nitrogen and oxygen atoms in total. The molecule has 18 heteroatoms. The normalized spacial score (nSPS) is 14.7. The number of rotatable bonds is 9. The first-order valence-electron chi connectivity index (χ1n) is 11.2. The molecule has 224 valence electrons. The molecule has 40 heavy (non-hydrogen) atoms. The minimum absolute atomic E-state index is 0. The van der Waals surface area contributed by atoms with Gasteiger partial charge in [-0.3, -0.25) is 4.90 Å². The average Bonchev–Trinajstić information content (AvgIpc) is 3.11. The summed E-state index contributed by atoms with van der Waals surface area (Å²) in [5, 5.41) is 3.24. The molecule has 0 amide bonds. The van der Waals surface area contributed by atoms with E-state index in [0.717, 1.165) is 16.5 Å². The van der Waals surface area contributed by atoms with Crippen LogP contribution in [0.4, 0.5) is 0 Å². The number of aromatic nitrogens is 1. The molecule has 1 aliphatic heterocycles. The maximum Gasteiger partial charge on any atom is 0.307 e. The summed E-state index contributed by atoms with van der Waals surface area (Å²) < 4.78 is 94.5. The predicted octanol–water partition coefficient (Wildman–Crippen LogP) is 0.0820. The van der Waals surface area contributed by atoms with E-state index in [1.54, 1.807) is 6.07 Å². The number of hydrogen-bond donors (Lipinski definition) is 1. The van der Waals surface area contributed by atoms with Gasteiger partial charge in [0, 0.05) is 42.8 Å². The molecule has 0 atom stereocenters. The van der Waals surface area contributed by atoms with Crippen molar-refractivity contribution >= 4 is 57.1 Å². The minimum atomic E-state index is -4.50. The zero-order valence-corrected chi connectivity index (χ0v) is 25.7. The first-order chi connectivity index (χ1) is 17.7. The Bertz CT molecular complexity index is 1700. The third-order valence-electron chi connectivity index (χ3n) is 5.69. The first kappa shape index (κ1) is 33.8. The number of halogens is 1. The van der Waals surface area contributed by atoms with E-state index in [-0.39, 0.29) is 54.8 Å². The van der Waals surface area contributed by atoms with Crippen molar-refractivity contribution < 1.29 is 49.3 Å². The van der Waals surface area contributed by atoms with Crippen LogP contribution in [-0.4, -0.2) is 90.9 Å². The van der Waals surface area contributed by atoms with Gasteiger partial charge in [0.05, 0.1) is 30.5 Å². The highest BCUT2D eigenvalue weighted by atomic mass is 79.9. The maximum atomic E-state index is 14.1. The molecule has 0 unspecified atom stereocenters. The topological polar surface area (TPSA) is 213 Å². The summed E-state index contributed by atoms with van der Waals surface area (Å²) >= 11 is 3.25. The van der Waals surface area contributed by atoms with Crippen LogP contribution in [0.1, 0.15) is 5.56 Å².